The number of allylic oxidation sites excluding steroid dienone is 2. The van der Waals surface area contributed by atoms with Gasteiger partial charge in [0.05, 0.1) is 10.8 Å². The number of halogens is 2. The molecule has 0 saturated heterocycles. The highest BCUT2D eigenvalue weighted by atomic mass is 35.5. The van der Waals surface area contributed by atoms with Gasteiger partial charge >= 0.3 is 0 Å². The molecule has 1 fully saturated rings. The van der Waals surface area contributed by atoms with Crippen molar-refractivity contribution in [3.8, 4) is 0 Å². The first-order valence-electron chi connectivity index (χ1n) is 7.93. The molecule has 7 rings (SSSR count). The van der Waals surface area contributed by atoms with Crippen LogP contribution in [0.1, 0.15) is 22.3 Å². The molecule has 4 aliphatic rings. The van der Waals surface area contributed by atoms with Gasteiger partial charge in [0.2, 0.25) is 0 Å². The zero-order chi connectivity index (χ0) is 15.2. The maximum Gasteiger partial charge on any atom is 0.147 e. The van der Waals surface area contributed by atoms with Crippen molar-refractivity contribution in [2.24, 2.45) is 5.41 Å². The number of alkyl halides is 2. The van der Waals surface area contributed by atoms with Crippen LogP contribution in [0.5, 0.6) is 0 Å². The summed E-state index contributed by atoms with van der Waals surface area (Å²) >= 11 is 14.0. The van der Waals surface area contributed by atoms with E-state index in [-0.39, 0.29) is 10.8 Å². The lowest BCUT2D eigenvalue weighted by Gasteiger charge is -2.27. The lowest BCUT2D eigenvalue weighted by molar-refractivity contribution is 0.686. The summed E-state index contributed by atoms with van der Waals surface area (Å²) in [6.45, 7) is 0. The predicted octanol–water partition coefficient (Wildman–Crippen LogP) is 5.82. The topological polar surface area (TPSA) is 0 Å². The minimum atomic E-state index is -0.814. The fraction of sp³-hybridized carbons (Fsp3) is 0.143. The van der Waals surface area contributed by atoms with E-state index in [1.807, 2.05) is 0 Å². The average molecular weight is 333 g/mol. The van der Waals surface area contributed by atoms with E-state index in [9.17, 15) is 0 Å². The van der Waals surface area contributed by atoms with Gasteiger partial charge in [-0.15, -0.1) is 0 Å². The van der Waals surface area contributed by atoms with Crippen molar-refractivity contribution >= 4 is 56.9 Å². The van der Waals surface area contributed by atoms with Gasteiger partial charge in [0.25, 0.3) is 0 Å². The lowest BCUT2D eigenvalue weighted by Crippen LogP contribution is -2.22. The van der Waals surface area contributed by atoms with Crippen LogP contribution >= 0.6 is 23.2 Å². The van der Waals surface area contributed by atoms with E-state index in [1.165, 1.54) is 43.8 Å². The van der Waals surface area contributed by atoms with Crippen LogP contribution in [0.4, 0.5) is 0 Å². The Kier molecular flexibility index (Phi) is 1.51. The van der Waals surface area contributed by atoms with E-state index in [0.29, 0.717) is 0 Å². The van der Waals surface area contributed by atoms with Gasteiger partial charge in [-0.3, -0.25) is 0 Å². The molecule has 0 atom stereocenters. The molecule has 0 unspecified atom stereocenters. The molecule has 0 amide bonds. The van der Waals surface area contributed by atoms with Crippen molar-refractivity contribution in [1.29, 1.82) is 0 Å². The summed E-state index contributed by atoms with van der Waals surface area (Å²) in [5, 5.41) is 5.29. The Morgan fingerprint density at radius 2 is 1.13 bits per heavy atom. The predicted molar refractivity (Wildman–Crippen MR) is 97.2 cm³/mol. The summed E-state index contributed by atoms with van der Waals surface area (Å²) in [5.74, 6) is 0. The molecule has 1 saturated carbocycles. The summed E-state index contributed by atoms with van der Waals surface area (Å²) < 4.78 is -0.814. The second-order valence-corrected chi connectivity index (χ2v) is 8.51. The molecule has 4 aliphatic carbocycles. The van der Waals surface area contributed by atoms with Gasteiger partial charge in [-0.1, -0.05) is 83.9 Å². The molecule has 2 heteroatoms. The largest absolute Gasteiger partial charge is 0.147 e. The number of rotatable bonds is 0. The molecule has 1 spiro atoms. The normalized spacial score (nSPS) is 23.9. The molecule has 3 aromatic rings. The molecular weight excluding hydrogens is 323 g/mol. The summed E-state index contributed by atoms with van der Waals surface area (Å²) in [4.78, 5) is 0. The van der Waals surface area contributed by atoms with Crippen LogP contribution in [-0.2, 0) is 5.41 Å². The van der Waals surface area contributed by atoms with E-state index in [4.69, 9.17) is 23.2 Å². The van der Waals surface area contributed by atoms with Crippen molar-refractivity contribution in [3.63, 3.8) is 0 Å². The molecule has 0 N–H and O–H groups in total. The van der Waals surface area contributed by atoms with Crippen molar-refractivity contribution in [1.82, 2.24) is 0 Å². The Hall–Kier alpha value is -1.76. The van der Waals surface area contributed by atoms with Crippen molar-refractivity contribution in [2.75, 3.05) is 0 Å². The minimum absolute atomic E-state index is 0.301. The fourth-order valence-corrected chi connectivity index (χ4v) is 6.82. The van der Waals surface area contributed by atoms with Crippen LogP contribution in [0.3, 0.4) is 0 Å². The SMILES string of the molecule is ClC1(Cl)C23C=Cc4ccc5ccc6ccc(c7c6c5c4C712)C=C3. The molecular formula is C21H10Cl2. The average Bonchev–Trinajstić information content (AvgIpc) is 2.84. The Bertz CT molecular complexity index is 1110. The fourth-order valence-electron chi connectivity index (χ4n) is 5.69. The Morgan fingerprint density at radius 3 is 1.65 bits per heavy atom. The van der Waals surface area contributed by atoms with Gasteiger partial charge in [-0.05, 0) is 43.8 Å². The number of hydrogen-bond acceptors (Lipinski definition) is 0. The molecule has 0 nitrogen and oxygen atoms in total. The smallest absolute Gasteiger partial charge is 0.0988 e. The van der Waals surface area contributed by atoms with E-state index in [1.54, 1.807) is 0 Å². The zero-order valence-corrected chi connectivity index (χ0v) is 13.5. The van der Waals surface area contributed by atoms with Crippen LogP contribution in [-0.4, -0.2) is 4.33 Å². The highest BCUT2D eigenvalue weighted by molar-refractivity contribution is 6.55. The molecule has 0 bridgehead atoms. The third-order valence-electron chi connectivity index (χ3n) is 6.58. The monoisotopic (exact) mass is 332 g/mol. The third-order valence-corrected chi connectivity index (χ3v) is 7.77. The van der Waals surface area contributed by atoms with Crippen LogP contribution in [0.15, 0.2) is 48.6 Å². The molecule has 0 aliphatic heterocycles. The standard InChI is InChI=1S/C21H10Cl2/c22-21(23)19-9-7-13-5-3-11-1-2-12-4-6-14(8-10-19)18-16(12)15(11)17(13)20(18,19)21/h1-10H. The van der Waals surface area contributed by atoms with Gasteiger partial charge in [0, 0.05) is 0 Å². The van der Waals surface area contributed by atoms with Gasteiger partial charge in [-0.25, -0.2) is 0 Å². The first-order chi connectivity index (χ1) is 11.1. The second-order valence-electron chi connectivity index (χ2n) is 7.18. The first-order valence-corrected chi connectivity index (χ1v) is 8.69. The molecule has 0 radical (unpaired) electrons. The lowest BCUT2D eigenvalue weighted by atomic mass is 9.73. The number of benzene rings is 3. The van der Waals surface area contributed by atoms with Crippen LogP contribution in [0.2, 0.25) is 0 Å². The van der Waals surface area contributed by atoms with Gasteiger partial charge < -0.3 is 0 Å². The maximum atomic E-state index is 7.02. The van der Waals surface area contributed by atoms with Crippen molar-refractivity contribution in [3.05, 3.63) is 70.8 Å². The molecule has 108 valence electrons. The van der Waals surface area contributed by atoms with Gasteiger partial charge in [0.15, 0.2) is 0 Å². The van der Waals surface area contributed by atoms with E-state index in [0.717, 1.165) is 0 Å². The molecule has 23 heavy (non-hydrogen) atoms. The van der Waals surface area contributed by atoms with Gasteiger partial charge in [-0.2, -0.15) is 0 Å². The first kappa shape index (κ1) is 11.7. The van der Waals surface area contributed by atoms with Crippen LogP contribution in [0.25, 0.3) is 33.7 Å². The zero-order valence-electron chi connectivity index (χ0n) is 12.0. The van der Waals surface area contributed by atoms with Crippen LogP contribution < -0.4 is 0 Å². The summed E-state index contributed by atoms with van der Waals surface area (Å²) in [6.07, 6.45) is 8.87. The highest BCUT2D eigenvalue weighted by Gasteiger charge is 2.89. The third kappa shape index (κ3) is 0.827. The maximum absolute atomic E-state index is 7.02. The summed E-state index contributed by atoms with van der Waals surface area (Å²) in [5.41, 5.74) is 4.62. The summed E-state index contributed by atoms with van der Waals surface area (Å²) in [7, 11) is 0. The molecule has 3 aromatic carbocycles. The number of hydrogen-bond donors (Lipinski definition) is 0. The minimum Gasteiger partial charge on any atom is -0.0988 e. The van der Waals surface area contributed by atoms with Crippen LogP contribution in [0, 0.1) is 5.41 Å². The molecule has 0 aromatic heterocycles. The Balaban J connectivity index is 1.92. The quantitative estimate of drug-likeness (QED) is 0.359. The summed E-state index contributed by atoms with van der Waals surface area (Å²) in [6, 6.07) is 13.3. The second kappa shape index (κ2) is 2.97. The van der Waals surface area contributed by atoms with Crippen molar-refractivity contribution < 1.29 is 0 Å². The van der Waals surface area contributed by atoms with E-state index in [2.05, 4.69) is 60.7 Å². The van der Waals surface area contributed by atoms with E-state index < -0.39 is 4.33 Å². The van der Waals surface area contributed by atoms with Gasteiger partial charge in [0.1, 0.15) is 4.33 Å². The Morgan fingerprint density at radius 1 is 0.652 bits per heavy atom. The van der Waals surface area contributed by atoms with E-state index >= 15 is 0 Å². The van der Waals surface area contributed by atoms with Crippen molar-refractivity contribution in [2.45, 2.75) is 9.75 Å². The Labute approximate surface area is 143 Å². The molecule has 0 heterocycles. The highest BCUT2D eigenvalue weighted by Crippen LogP contribution is 2.87.